The number of nitrogens with one attached hydrogen (secondary N) is 2. The number of aryl methyl sites for hydroxylation is 2. The summed E-state index contributed by atoms with van der Waals surface area (Å²) in [5.74, 6) is 0.908. The van der Waals surface area contributed by atoms with Crippen LogP contribution >= 0.6 is 23.2 Å². The second-order valence-electron chi connectivity index (χ2n) is 11.4. The molecule has 2 heterocycles. The number of amides is 1. The van der Waals surface area contributed by atoms with Crippen molar-refractivity contribution in [3.63, 3.8) is 0 Å². The van der Waals surface area contributed by atoms with Crippen molar-refractivity contribution >= 4 is 61.4 Å². The van der Waals surface area contributed by atoms with Crippen molar-refractivity contribution in [3.8, 4) is 11.5 Å². The Morgan fingerprint density at radius 3 is 2.40 bits per heavy atom. The lowest BCUT2D eigenvalue weighted by molar-refractivity contribution is -0.384. The molecule has 2 N–H and O–H groups in total. The molecule has 4 aromatic carbocycles. The van der Waals surface area contributed by atoms with Crippen LogP contribution in [0.1, 0.15) is 32.9 Å². The molecule has 0 aliphatic carbocycles. The topological polar surface area (TPSA) is 159 Å². The number of anilines is 1. The van der Waals surface area contributed by atoms with Gasteiger partial charge in [-0.25, -0.2) is 13.1 Å². The summed E-state index contributed by atoms with van der Waals surface area (Å²) >= 11 is 12.5. The average molecular weight is 735 g/mol. The summed E-state index contributed by atoms with van der Waals surface area (Å²) < 4.78 is 41.6. The summed E-state index contributed by atoms with van der Waals surface area (Å²) in [5.41, 5.74) is 2.48. The number of hydrogen-bond donors (Lipinski definition) is 2. The molecular weight excluding hydrogens is 705 g/mol. The number of hydrogen-bond acceptors (Lipinski definition) is 9. The van der Waals surface area contributed by atoms with Gasteiger partial charge in [0.2, 0.25) is 0 Å². The van der Waals surface area contributed by atoms with Gasteiger partial charge in [0, 0.05) is 34.5 Å². The van der Waals surface area contributed by atoms with Crippen LogP contribution in [-0.4, -0.2) is 35.6 Å². The molecule has 0 aliphatic rings. The van der Waals surface area contributed by atoms with E-state index in [1.807, 2.05) is 26.0 Å². The van der Waals surface area contributed by atoms with Gasteiger partial charge in [-0.1, -0.05) is 35.3 Å². The first-order valence-corrected chi connectivity index (χ1v) is 17.4. The number of benzene rings is 4. The van der Waals surface area contributed by atoms with Crippen LogP contribution in [0.3, 0.4) is 0 Å². The second-order valence-corrected chi connectivity index (χ2v) is 13.9. The largest absolute Gasteiger partial charge is 0.469 e. The molecule has 0 saturated heterocycles. The van der Waals surface area contributed by atoms with E-state index in [-0.39, 0.29) is 17.9 Å². The van der Waals surface area contributed by atoms with Gasteiger partial charge in [-0.05, 0) is 97.3 Å². The van der Waals surface area contributed by atoms with Crippen LogP contribution in [0.4, 0.5) is 11.4 Å². The van der Waals surface area contributed by atoms with Crippen molar-refractivity contribution in [1.29, 1.82) is 0 Å². The Balaban J connectivity index is 1.23. The van der Waals surface area contributed by atoms with Crippen LogP contribution in [0.25, 0.3) is 10.9 Å². The fourth-order valence-electron chi connectivity index (χ4n) is 5.38. The van der Waals surface area contributed by atoms with Gasteiger partial charge in [0.1, 0.15) is 28.6 Å². The minimum Gasteiger partial charge on any atom is -0.469 e. The van der Waals surface area contributed by atoms with E-state index in [1.54, 1.807) is 54.6 Å². The molecule has 0 atom stereocenters. The third-order valence-corrected chi connectivity index (χ3v) is 9.95. The number of furan rings is 1. The number of nitrogens with zero attached hydrogens (tertiary/aromatic N) is 3. The molecular formula is C35H29Cl2N5O7S. The zero-order valence-electron chi connectivity index (χ0n) is 26.6. The lowest BCUT2D eigenvalue weighted by Crippen LogP contribution is -2.32. The molecule has 15 heteroatoms. The number of carbonyl (C=O) groups excluding carboxylic acids is 1. The number of carbonyl (C=O) groups is 1. The van der Waals surface area contributed by atoms with E-state index in [1.165, 1.54) is 23.1 Å². The minimum atomic E-state index is -4.56. The third kappa shape index (κ3) is 7.59. The third-order valence-electron chi connectivity index (χ3n) is 7.79. The molecule has 1 amide bonds. The van der Waals surface area contributed by atoms with Crippen LogP contribution in [0, 0.1) is 24.0 Å². The summed E-state index contributed by atoms with van der Waals surface area (Å²) in [7, 11) is -4.56. The Labute approximate surface area is 296 Å². The Morgan fingerprint density at radius 1 is 0.980 bits per heavy atom. The Hall–Kier alpha value is -5.37. The van der Waals surface area contributed by atoms with Gasteiger partial charge >= 0.3 is 0 Å². The quantitative estimate of drug-likeness (QED) is 0.0937. The van der Waals surface area contributed by atoms with Crippen molar-refractivity contribution in [2.75, 3.05) is 11.9 Å². The van der Waals surface area contributed by atoms with Gasteiger partial charge in [0.25, 0.3) is 21.6 Å². The van der Waals surface area contributed by atoms with Crippen LogP contribution in [0.2, 0.25) is 10.0 Å². The SMILES string of the molecule is Cc1cc(Oc2ccc(Cn3nc4cc(Cl)ccc4c3C(=O)NS(=O)(=O)c3ccc(NCCc4ccco4)c([N+](=O)[O-])c3)cc2)cc(C)c1Cl. The van der Waals surface area contributed by atoms with E-state index >= 15 is 0 Å². The second kappa shape index (κ2) is 14.2. The number of nitro benzene ring substituents is 1. The first-order chi connectivity index (χ1) is 23.9. The fraction of sp³-hybridized carbons (Fsp3) is 0.143. The lowest BCUT2D eigenvalue weighted by atomic mass is 10.1. The highest BCUT2D eigenvalue weighted by atomic mass is 35.5. The maximum Gasteiger partial charge on any atom is 0.293 e. The number of nitro groups is 1. The Morgan fingerprint density at radius 2 is 1.72 bits per heavy atom. The van der Waals surface area contributed by atoms with Gasteiger partial charge in [0.15, 0.2) is 0 Å². The van der Waals surface area contributed by atoms with Crippen molar-refractivity contribution < 1.29 is 27.3 Å². The summed E-state index contributed by atoms with van der Waals surface area (Å²) in [6, 6.07) is 22.4. The highest BCUT2D eigenvalue weighted by Crippen LogP contribution is 2.31. The van der Waals surface area contributed by atoms with E-state index in [2.05, 4.69) is 15.1 Å². The molecule has 256 valence electrons. The predicted octanol–water partition coefficient (Wildman–Crippen LogP) is 8.08. The summed E-state index contributed by atoms with van der Waals surface area (Å²) in [5, 5.41) is 20.8. The van der Waals surface area contributed by atoms with Gasteiger partial charge in [-0.2, -0.15) is 5.10 Å². The van der Waals surface area contributed by atoms with Crippen LogP contribution in [0.15, 0.2) is 101 Å². The predicted molar refractivity (Wildman–Crippen MR) is 190 cm³/mol. The first kappa shape index (κ1) is 34.5. The summed E-state index contributed by atoms with van der Waals surface area (Å²) in [6.45, 7) is 4.19. The van der Waals surface area contributed by atoms with Crippen LogP contribution in [-0.2, 0) is 23.0 Å². The molecule has 0 saturated carbocycles. The van der Waals surface area contributed by atoms with Crippen LogP contribution in [0.5, 0.6) is 11.5 Å². The van der Waals surface area contributed by atoms with Crippen molar-refractivity contribution in [2.24, 2.45) is 0 Å². The van der Waals surface area contributed by atoms with Crippen molar-refractivity contribution in [3.05, 3.63) is 139 Å². The molecule has 0 aliphatic heterocycles. The Bertz CT molecular complexity index is 2320. The normalized spacial score (nSPS) is 11.4. The highest BCUT2D eigenvalue weighted by molar-refractivity contribution is 7.90. The average Bonchev–Trinajstić information content (AvgIpc) is 3.71. The Kier molecular flexibility index (Phi) is 9.82. The molecule has 0 radical (unpaired) electrons. The number of ether oxygens (including phenoxy) is 1. The van der Waals surface area contributed by atoms with Gasteiger partial charge in [-0.15, -0.1) is 0 Å². The molecule has 0 spiro atoms. The van der Waals surface area contributed by atoms with E-state index in [4.69, 9.17) is 32.4 Å². The number of fused-ring (bicyclic) bond motifs is 1. The molecule has 0 fully saturated rings. The lowest BCUT2D eigenvalue weighted by Gasteiger charge is -2.12. The molecule has 2 aromatic heterocycles. The molecule has 50 heavy (non-hydrogen) atoms. The van der Waals surface area contributed by atoms with Crippen LogP contribution < -0.4 is 14.8 Å². The monoisotopic (exact) mass is 733 g/mol. The van der Waals surface area contributed by atoms with Crippen molar-refractivity contribution in [1.82, 2.24) is 14.5 Å². The highest BCUT2D eigenvalue weighted by Gasteiger charge is 2.27. The fourth-order valence-corrected chi connectivity index (χ4v) is 6.63. The number of aromatic nitrogens is 2. The standard InChI is InChI=1S/C35H29Cl2N5O7S/c1-21-16-27(17-22(2)33(21)37)49-26-8-5-23(6-9-26)20-41-34(29-11-7-24(36)18-31(29)39-41)35(43)40-50(46,47)28-10-12-30(32(19-28)42(44)45)38-14-13-25-4-3-15-48-25/h3-12,15-19,38H,13-14,20H2,1-2H3,(H,40,43). The minimum absolute atomic E-state index is 0.0432. The summed E-state index contributed by atoms with van der Waals surface area (Å²) in [6.07, 6.45) is 1.98. The molecule has 6 rings (SSSR count). The summed E-state index contributed by atoms with van der Waals surface area (Å²) in [4.78, 5) is 24.4. The van der Waals surface area contributed by atoms with E-state index < -0.39 is 31.4 Å². The van der Waals surface area contributed by atoms with E-state index in [0.29, 0.717) is 51.2 Å². The zero-order chi connectivity index (χ0) is 35.6. The van der Waals surface area contributed by atoms with Gasteiger partial charge < -0.3 is 14.5 Å². The van der Waals surface area contributed by atoms with Crippen molar-refractivity contribution in [2.45, 2.75) is 31.7 Å². The number of rotatable bonds is 12. The molecule has 6 aromatic rings. The van der Waals surface area contributed by atoms with E-state index in [0.717, 1.165) is 22.8 Å². The smallest absolute Gasteiger partial charge is 0.293 e. The van der Waals surface area contributed by atoms with Gasteiger partial charge in [0.05, 0.1) is 28.1 Å². The maximum absolute atomic E-state index is 13.7. The number of halogens is 2. The first-order valence-electron chi connectivity index (χ1n) is 15.2. The molecule has 0 bridgehead atoms. The molecule has 12 nitrogen and oxygen atoms in total. The number of sulfonamides is 1. The molecule has 0 unspecified atom stereocenters. The van der Waals surface area contributed by atoms with Gasteiger partial charge in [-0.3, -0.25) is 19.6 Å². The van der Waals surface area contributed by atoms with E-state index in [9.17, 15) is 23.3 Å². The maximum atomic E-state index is 13.7. The zero-order valence-corrected chi connectivity index (χ0v) is 29.0.